The molecule has 0 saturated heterocycles. The van der Waals surface area contributed by atoms with E-state index in [2.05, 4.69) is 55.3 Å². The Morgan fingerprint density at radius 2 is 2.00 bits per heavy atom. The second-order valence-electron chi connectivity index (χ2n) is 4.96. The number of nitrogens with zero attached hydrogens (tertiary/aromatic N) is 1. The van der Waals surface area contributed by atoms with Gasteiger partial charge in [0.05, 0.1) is 0 Å². The van der Waals surface area contributed by atoms with Gasteiger partial charge < -0.3 is 0 Å². The van der Waals surface area contributed by atoms with Gasteiger partial charge in [-0.2, -0.15) is 0 Å². The Labute approximate surface area is 105 Å². The fourth-order valence-corrected chi connectivity index (χ4v) is 2.67. The third-order valence-electron chi connectivity index (χ3n) is 3.80. The molecular formula is C16H23N. The van der Waals surface area contributed by atoms with E-state index in [0.29, 0.717) is 6.04 Å². The monoisotopic (exact) mass is 229 g/mol. The van der Waals surface area contributed by atoms with Crippen LogP contribution >= 0.6 is 0 Å². The van der Waals surface area contributed by atoms with E-state index in [-0.39, 0.29) is 0 Å². The fraction of sp³-hybridized carbons (Fsp3) is 0.500. The van der Waals surface area contributed by atoms with Gasteiger partial charge in [-0.25, -0.2) is 0 Å². The van der Waals surface area contributed by atoms with E-state index < -0.39 is 0 Å². The Morgan fingerprint density at radius 1 is 1.24 bits per heavy atom. The van der Waals surface area contributed by atoms with Crippen LogP contribution in [0.1, 0.15) is 38.2 Å². The van der Waals surface area contributed by atoms with Gasteiger partial charge in [0.2, 0.25) is 0 Å². The molecule has 1 heteroatoms. The van der Waals surface area contributed by atoms with Crippen LogP contribution in [0.3, 0.4) is 0 Å². The van der Waals surface area contributed by atoms with Gasteiger partial charge in [0.1, 0.15) is 0 Å². The van der Waals surface area contributed by atoms with Crippen LogP contribution in [0.15, 0.2) is 35.9 Å². The summed E-state index contributed by atoms with van der Waals surface area (Å²) in [6, 6.07) is 11.4. The largest absolute Gasteiger partial charge is 0.300 e. The number of rotatable bonds is 3. The molecule has 0 radical (unpaired) electrons. The zero-order chi connectivity index (χ0) is 12.1. The van der Waals surface area contributed by atoms with Crippen molar-refractivity contribution in [3.05, 3.63) is 41.5 Å². The second kappa shape index (κ2) is 6.02. The summed E-state index contributed by atoms with van der Waals surface area (Å²) in [6.45, 7) is 3.38. The molecule has 1 unspecified atom stereocenters. The van der Waals surface area contributed by atoms with Crippen LogP contribution in [0.2, 0.25) is 0 Å². The maximum atomic E-state index is 2.48. The first kappa shape index (κ1) is 12.4. The summed E-state index contributed by atoms with van der Waals surface area (Å²) in [7, 11) is 2.24. The molecule has 1 atom stereocenters. The first-order valence-electron chi connectivity index (χ1n) is 6.77. The van der Waals surface area contributed by atoms with Crippen molar-refractivity contribution in [2.24, 2.45) is 0 Å². The molecule has 1 aliphatic carbocycles. The van der Waals surface area contributed by atoms with Crippen LogP contribution in [0.25, 0.3) is 6.08 Å². The average molecular weight is 229 g/mol. The van der Waals surface area contributed by atoms with Gasteiger partial charge in [0, 0.05) is 6.04 Å². The molecule has 1 aliphatic rings. The van der Waals surface area contributed by atoms with E-state index in [9.17, 15) is 0 Å². The summed E-state index contributed by atoms with van der Waals surface area (Å²) < 4.78 is 0. The van der Waals surface area contributed by atoms with Gasteiger partial charge in [-0.15, -0.1) is 0 Å². The molecule has 1 aromatic carbocycles. The van der Waals surface area contributed by atoms with Gasteiger partial charge in [-0.1, -0.05) is 55.3 Å². The highest BCUT2D eigenvalue weighted by molar-refractivity contribution is 5.54. The summed E-state index contributed by atoms with van der Waals surface area (Å²) in [5, 5.41) is 0. The molecule has 0 spiro atoms. The fourth-order valence-electron chi connectivity index (χ4n) is 2.67. The van der Waals surface area contributed by atoms with E-state index in [4.69, 9.17) is 0 Å². The van der Waals surface area contributed by atoms with Crippen LogP contribution < -0.4 is 0 Å². The Bertz CT molecular complexity index is 366. The minimum Gasteiger partial charge on any atom is -0.300 e. The molecule has 1 saturated carbocycles. The lowest BCUT2D eigenvalue weighted by Gasteiger charge is -2.33. The average Bonchev–Trinajstić information content (AvgIpc) is 2.40. The minimum absolute atomic E-state index is 0.661. The van der Waals surface area contributed by atoms with Crippen LogP contribution in [0, 0.1) is 0 Å². The van der Waals surface area contributed by atoms with E-state index in [1.54, 1.807) is 5.57 Å². The zero-order valence-corrected chi connectivity index (χ0v) is 11.0. The van der Waals surface area contributed by atoms with Gasteiger partial charge in [0.25, 0.3) is 0 Å². The smallest absolute Gasteiger partial charge is 0.0307 e. The number of benzene rings is 1. The van der Waals surface area contributed by atoms with E-state index in [1.165, 1.54) is 31.2 Å². The quantitative estimate of drug-likeness (QED) is 0.758. The standard InChI is InChI=1S/C16H23N/c1-3-17(2)16-12-8-7-11-15(16)13-14-9-5-4-6-10-14/h4-6,9-10,13,16H,3,7-8,11-12H2,1-2H3/b15-13-. The first-order chi connectivity index (χ1) is 8.31. The van der Waals surface area contributed by atoms with Gasteiger partial charge >= 0.3 is 0 Å². The number of likely N-dealkylation sites (N-methyl/N-ethyl adjacent to an activating group) is 1. The third-order valence-corrected chi connectivity index (χ3v) is 3.80. The SMILES string of the molecule is CCN(C)C1CCCC/C1=C/c1ccccc1. The first-order valence-corrected chi connectivity index (χ1v) is 6.77. The number of hydrogen-bond acceptors (Lipinski definition) is 1. The maximum absolute atomic E-state index is 2.48. The van der Waals surface area contributed by atoms with Crippen molar-refractivity contribution in [1.82, 2.24) is 4.90 Å². The van der Waals surface area contributed by atoms with E-state index in [1.807, 2.05) is 0 Å². The highest BCUT2D eigenvalue weighted by Gasteiger charge is 2.21. The van der Waals surface area contributed by atoms with E-state index >= 15 is 0 Å². The predicted molar refractivity (Wildman–Crippen MR) is 75.0 cm³/mol. The van der Waals surface area contributed by atoms with Crippen LogP contribution in [-0.4, -0.2) is 24.5 Å². The molecule has 92 valence electrons. The Balaban J connectivity index is 2.19. The summed E-state index contributed by atoms with van der Waals surface area (Å²) >= 11 is 0. The summed E-state index contributed by atoms with van der Waals surface area (Å²) in [4.78, 5) is 2.48. The predicted octanol–water partition coefficient (Wildman–Crippen LogP) is 3.96. The third kappa shape index (κ3) is 3.19. The maximum Gasteiger partial charge on any atom is 0.0307 e. The molecule has 0 heterocycles. The van der Waals surface area contributed by atoms with Crippen molar-refractivity contribution in [3.63, 3.8) is 0 Å². The molecule has 0 bridgehead atoms. The van der Waals surface area contributed by atoms with Gasteiger partial charge in [0.15, 0.2) is 0 Å². The molecule has 0 amide bonds. The molecule has 1 nitrogen and oxygen atoms in total. The van der Waals surface area contributed by atoms with Crippen molar-refractivity contribution >= 4 is 6.08 Å². The summed E-state index contributed by atoms with van der Waals surface area (Å²) in [6.07, 6.45) is 7.72. The van der Waals surface area contributed by atoms with Crippen molar-refractivity contribution in [2.45, 2.75) is 38.6 Å². The summed E-state index contributed by atoms with van der Waals surface area (Å²) in [5.41, 5.74) is 2.96. The molecule has 1 aromatic rings. The van der Waals surface area contributed by atoms with Crippen molar-refractivity contribution in [2.75, 3.05) is 13.6 Å². The molecule has 0 aromatic heterocycles. The lowest BCUT2D eigenvalue weighted by atomic mass is 9.88. The zero-order valence-electron chi connectivity index (χ0n) is 11.0. The lowest BCUT2D eigenvalue weighted by molar-refractivity contribution is 0.250. The Kier molecular flexibility index (Phi) is 4.38. The molecule has 0 N–H and O–H groups in total. The Hall–Kier alpha value is -1.08. The topological polar surface area (TPSA) is 3.24 Å². The van der Waals surface area contributed by atoms with Crippen LogP contribution in [0.4, 0.5) is 0 Å². The van der Waals surface area contributed by atoms with Crippen molar-refractivity contribution in [3.8, 4) is 0 Å². The second-order valence-corrected chi connectivity index (χ2v) is 4.96. The molecule has 1 fully saturated rings. The highest BCUT2D eigenvalue weighted by atomic mass is 15.1. The molecule has 17 heavy (non-hydrogen) atoms. The normalized spacial score (nSPS) is 23.2. The van der Waals surface area contributed by atoms with Crippen LogP contribution in [0.5, 0.6) is 0 Å². The van der Waals surface area contributed by atoms with Gasteiger partial charge in [-0.3, -0.25) is 4.90 Å². The van der Waals surface area contributed by atoms with Gasteiger partial charge in [-0.05, 0) is 38.4 Å². The number of hydrogen-bond donors (Lipinski definition) is 0. The summed E-state index contributed by atoms with van der Waals surface area (Å²) in [5.74, 6) is 0. The van der Waals surface area contributed by atoms with E-state index in [0.717, 1.165) is 6.54 Å². The lowest BCUT2D eigenvalue weighted by Crippen LogP contribution is -2.34. The van der Waals surface area contributed by atoms with Crippen molar-refractivity contribution in [1.29, 1.82) is 0 Å². The molecule has 2 rings (SSSR count). The molecular weight excluding hydrogens is 206 g/mol. The van der Waals surface area contributed by atoms with Crippen LogP contribution in [-0.2, 0) is 0 Å². The molecule has 0 aliphatic heterocycles. The highest BCUT2D eigenvalue weighted by Crippen LogP contribution is 2.28. The Morgan fingerprint density at radius 3 is 2.71 bits per heavy atom. The van der Waals surface area contributed by atoms with Crippen molar-refractivity contribution < 1.29 is 0 Å². The minimum atomic E-state index is 0.661.